The van der Waals surface area contributed by atoms with Crippen LogP contribution in [0.15, 0.2) is 0 Å². The molecule has 0 radical (unpaired) electrons. The number of hydrogen-bond acceptors (Lipinski definition) is 3. The van der Waals surface area contributed by atoms with E-state index in [0.29, 0.717) is 6.54 Å². The Kier molecular flexibility index (Phi) is 3.49. The second-order valence-corrected chi connectivity index (χ2v) is 3.03. The number of amides is 1. The molecule has 0 atom stereocenters. The van der Waals surface area contributed by atoms with E-state index in [-0.39, 0.29) is 12.5 Å². The van der Waals surface area contributed by atoms with Gasteiger partial charge < -0.3 is 5.11 Å². The topological polar surface area (TPSA) is 43.8 Å². The van der Waals surface area contributed by atoms with Crippen LogP contribution in [0, 0.1) is 0 Å². The molecule has 4 nitrogen and oxygen atoms in total. The molecule has 1 amide bonds. The first-order chi connectivity index (χ1) is 5.75. The predicted molar refractivity (Wildman–Crippen MR) is 45.3 cm³/mol. The minimum absolute atomic E-state index is 0.0194. The Morgan fingerprint density at radius 3 is 2.50 bits per heavy atom. The SMILES string of the molecule is CC(=O)N(CCO)N1CCCC1. The molecule has 1 rings (SSSR count). The molecule has 0 aromatic carbocycles. The summed E-state index contributed by atoms with van der Waals surface area (Å²) in [4.78, 5) is 11.1. The maximum atomic E-state index is 11.1. The van der Waals surface area contributed by atoms with Crippen LogP contribution in [0.5, 0.6) is 0 Å². The number of hydrazine groups is 1. The molecule has 0 bridgehead atoms. The van der Waals surface area contributed by atoms with Gasteiger partial charge in [0.25, 0.3) is 0 Å². The number of carbonyl (C=O) groups excluding carboxylic acids is 1. The molecule has 0 aliphatic carbocycles. The molecular weight excluding hydrogens is 156 g/mol. The molecule has 0 aromatic rings. The Morgan fingerprint density at radius 2 is 2.08 bits per heavy atom. The average Bonchev–Trinajstić information content (AvgIpc) is 2.51. The second-order valence-electron chi connectivity index (χ2n) is 3.03. The monoisotopic (exact) mass is 172 g/mol. The summed E-state index contributed by atoms with van der Waals surface area (Å²) < 4.78 is 0. The fraction of sp³-hybridized carbons (Fsp3) is 0.875. The Hall–Kier alpha value is -0.610. The summed E-state index contributed by atoms with van der Waals surface area (Å²) in [6, 6.07) is 0. The van der Waals surface area contributed by atoms with Gasteiger partial charge in [-0.05, 0) is 12.8 Å². The maximum Gasteiger partial charge on any atom is 0.233 e. The smallest absolute Gasteiger partial charge is 0.233 e. The van der Waals surface area contributed by atoms with Gasteiger partial charge in [0, 0.05) is 20.0 Å². The standard InChI is InChI=1S/C8H16N2O2/c1-8(12)10(6-7-11)9-4-2-3-5-9/h11H,2-7H2,1H3. The number of aliphatic hydroxyl groups is 1. The summed E-state index contributed by atoms with van der Waals surface area (Å²) in [6.07, 6.45) is 2.30. The first-order valence-electron chi connectivity index (χ1n) is 4.39. The number of carbonyl (C=O) groups is 1. The highest BCUT2D eigenvalue weighted by Gasteiger charge is 2.20. The van der Waals surface area contributed by atoms with Gasteiger partial charge in [-0.25, -0.2) is 5.01 Å². The summed E-state index contributed by atoms with van der Waals surface area (Å²) in [6.45, 7) is 3.89. The zero-order chi connectivity index (χ0) is 8.97. The van der Waals surface area contributed by atoms with E-state index in [0.717, 1.165) is 25.9 Å². The fourth-order valence-electron chi connectivity index (χ4n) is 1.53. The van der Waals surface area contributed by atoms with Crippen LogP contribution in [-0.4, -0.2) is 47.3 Å². The second kappa shape index (κ2) is 4.42. The van der Waals surface area contributed by atoms with Gasteiger partial charge in [-0.3, -0.25) is 9.80 Å². The zero-order valence-corrected chi connectivity index (χ0v) is 7.49. The van der Waals surface area contributed by atoms with E-state index in [9.17, 15) is 4.79 Å². The van der Waals surface area contributed by atoms with Crippen molar-refractivity contribution < 1.29 is 9.90 Å². The molecular formula is C8H16N2O2. The molecule has 0 saturated carbocycles. The van der Waals surface area contributed by atoms with Crippen molar-refractivity contribution in [3.8, 4) is 0 Å². The van der Waals surface area contributed by atoms with Crippen molar-refractivity contribution in [1.82, 2.24) is 10.0 Å². The summed E-state index contributed by atoms with van der Waals surface area (Å²) in [5.41, 5.74) is 0. The molecule has 1 fully saturated rings. The molecule has 0 aromatic heterocycles. The van der Waals surface area contributed by atoms with Gasteiger partial charge in [-0.2, -0.15) is 0 Å². The Balaban J connectivity index is 2.45. The van der Waals surface area contributed by atoms with Crippen LogP contribution in [0.4, 0.5) is 0 Å². The van der Waals surface area contributed by atoms with Gasteiger partial charge in [-0.1, -0.05) is 0 Å². The minimum Gasteiger partial charge on any atom is -0.394 e. The Bertz CT molecular complexity index is 155. The van der Waals surface area contributed by atoms with E-state index in [1.807, 2.05) is 5.01 Å². The highest BCUT2D eigenvalue weighted by molar-refractivity contribution is 5.72. The minimum atomic E-state index is 0.0194. The largest absolute Gasteiger partial charge is 0.394 e. The van der Waals surface area contributed by atoms with Crippen LogP contribution >= 0.6 is 0 Å². The quantitative estimate of drug-likeness (QED) is 0.643. The third kappa shape index (κ3) is 2.19. The molecule has 4 heteroatoms. The molecule has 12 heavy (non-hydrogen) atoms. The molecule has 1 aliphatic heterocycles. The molecule has 70 valence electrons. The van der Waals surface area contributed by atoms with Gasteiger partial charge >= 0.3 is 0 Å². The van der Waals surface area contributed by atoms with Crippen molar-refractivity contribution in [2.75, 3.05) is 26.2 Å². The number of hydrogen-bond donors (Lipinski definition) is 1. The molecule has 0 unspecified atom stereocenters. The molecule has 1 heterocycles. The van der Waals surface area contributed by atoms with Crippen LogP contribution in [0.25, 0.3) is 0 Å². The molecule has 0 spiro atoms. The van der Waals surface area contributed by atoms with E-state index in [4.69, 9.17) is 5.11 Å². The lowest BCUT2D eigenvalue weighted by Gasteiger charge is -2.29. The lowest BCUT2D eigenvalue weighted by atomic mass is 10.4. The third-order valence-corrected chi connectivity index (χ3v) is 2.10. The van der Waals surface area contributed by atoms with Crippen molar-refractivity contribution in [1.29, 1.82) is 0 Å². The van der Waals surface area contributed by atoms with Crippen LogP contribution < -0.4 is 0 Å². The summed E-state index contributed by atoms with van der Waals surface area (Å²) in [7, 11) is 0. The Labute approximate surface area is 72.7 Å². The molecule has 1 N–H and O–H groups in total. The van der Waals surface area contributed by atoms with Gasteiger partial charge in [0.1, 0.15) is 0 Å². The van der Waals surface area contributed by atoms with Crippen LogP contribution in [-0.2, 0) is 4.79 Å². The van der Waals surface area contributed by atoms with Crippen LogP contribution in [0.2, 0.25) is 0 Å². The third-order valence-electron chi connectivity index (χ3n) is 2.10. The first kappa shape index (κ1) is 9.48. The highest BCUT2D eigenvalue weighted by Crippen LogP contribution is 2.10. The predicted octanol–water partition coefficient (Wildman–Crippen LogP) is -0.162. The fourth-order valence-corrected chi connectivity index (χ4v) is 1.53. The number of rotatable bonds is 3. The lowest BCUT2D eigenvalue weighted by Crippen LogP contribution is -2.45. The van der Waals surface area contributed by atoms with Gasteiger partial charge in [0.2, 0.25) is 5.91 Å². The number of aliphatic hydroxyl groups excluding tert-OH is 1. The first-order valence-corrected chi connectivity index (χ1v) is 4.39. The van der Waals surface area contributed by atoms with Crippen molar-refractivity contribution in [3.63, 3.8) is 0 Å². The maximum absolute atomic E-state index is 11.1. The van der Waals surface area contributed by atoms with E-state index in [1.54, 1.807) is 5.01 Å². The summed E-state index contributed by atoms with van der Waals surface area (Å²) in [5.74, 6) is 0.0194. The van der Waals surface area contributed by atoms with Crippen molar-refractivity contribution in [2.24, 2.45) is 0 Å². The van der Waals surface area contributed by atoms with Crippen LogP contribution in [0.1, 0.15) is 19.8 Å². The highest BCUT2D eigenvalue weighted by atomic mass is 16.3. The summed E-state index contributed by atoms with van der Waals surface area (Å²) >= 11 is 0. The molecule has 1 saturated heterocycles. The van der Waals surface area contributed by atoms with Gasteiger partial charge in [0.05, 0.1) is 13.2 Å². The zero-order valence-electron chi connectivity index (χ0n) is 7.49. The van der Waals surface area contributed by atoms with Gasteiger partial charge in [0.15, 0.2) is 0 Å². The summed E-state index contributed by atoms with van der Waals surface area (Å²) in [5, 5.41) is 12.4. The van der Waals surface area contributed by atoms with E-state index < -0.39 is 0 Å². The van der Waals surface area contributed by atoms with Crippen LogP contribution in [0.3, 0.4) is 0 Å². The van der Waals surface area contributed by atoms with E-state index in [2.05, 4.69) is 0 Å². The van der Waals surface area contributed by atoms with E-state index >= 15 is 0 Å². The average molecular weight is 172 g/mol. The van der Waals surface area contributed by atoms with Gasteiger partial charge in [-0.15, -0.1) is 0 Å². The van der Waals surface area contributed by atoms with Crippen molar-refractivity contribution in [3.05, 3.63) is 0 Å². The number of nitrogens with zero attached hydrogens (tertiary/aromatic N) is 2. The normalized spacial score (nSPS) is 18.2. The van der Waals surface area contributed by atoms with Crippen molar-refractivity contribution in [2.45, 2.75) is 19.8 Å². The lowest BCUT2D eigenvalue weighted by molar-refractivity contribution is -0.145. The molecule has 1 aliphatic rings. The van der Waals surface area contributed by atoms with E-state index in [1.165, 1.54) is 6.92 Å². The van der Waals surface area contributed by atoms with Crippen molar-refractivity contribution >= 4 is 5.91 Å². The Morgan fingerprint density at radius 1 is 1.50 bits per heavy atom.